The number of thiocarbonyl (C=S) groups is 1. The van der Waals surface area contributed by atoms with Crippen molar-refractivity contribution in [2.45, 2.75) is 51.5 Å². The highest BCUT2D eigenvalue weighted by atomic mass is 32.1. The molecule has 1 saturated carbocycles. The standard InChI is InChI=1S/C11H19N5S2/c1-2-9-13-14-11(18)16(9)15-10(17)12-8-6-4-3-5-7-8/h8H,2-7H2,1H3,(H,14,18)(H2,12,15,17). The number of hydrogen-bond donors (Lipinski definition) is 3. The monoisotopic (exact) mass is 285 g/mol. The minimum absolute atomic E-state index is 0.491. The first-order chi connectivity index (χ1) is 8.70. The summed E-state index contributed by atoms with van der Waals surface area (Å²) in [5, 5.41) is 10.9. The molecule has 0 saturated heterocycles. The summed E-state index contributed by atoms with van der Waals surface area (Å²) < 4.78 is 2.27. The van der Waals surface area contributed by atoms with Crippen molar-refractivity contribution in [1.82, 2.24) is 20.2 Å². The fourth-order valence-electron chi connectivity index (χ4n) is 2.25. The average Bonchev–Trinajstić information content (AvgIpc) is 2.72. The summed E-state index contributed by atoms with van der Waals surface area (Å²) in [5.74, 6) is 0.854. The molecular formula is C11H19N5S2. The van der Waals surface area contributed by atoms with Crippen molar-refractivity contribution in [3.63, 3.8) is 0 Å². The molecule has 18 heavy (non-hydrogen) atoms. The van der Waals surface area contributed by atoms with Gasteiger partial charge in [0, 0.05) is 12.5 Å². The van der Waals surface area contributed by atoms with E-state index in [1.165, 1.54) is 32.1 Å². The third kappa shape index (κ3) is 3.29. The van der Waals surface area contributed by atoms with Crippen molar-refractivity contribution >= 4 is 29.5 Å². The minimum Gasteiger partial charge on any atom is -0.359 e. The summed E-state index contributed by atoms with van der Waals surface area (Å²) in [6.45, 7) is 2.03. The van der Waals surface area contributed by atoms with Crippen LogP contribution in [-0.4, -0.2) is 26.0 Å². The maximum Gasteiger partial charge on any atom is 0.214 e. The van der Waals surface area contributed by atoms with E-state index in [1.54, 1.807) is 4.68 Å². The fourth-order valence-corrected chi connectivity index (χ4v) is 2.70. The van der Waals surface area contributed by atoms with Gasteiger partial charge in [-0.1, -0.05) is 26.2 Å². The molecule has 0 aromatic carbocycles. The van der Waals surface area contributed by atoms with Crippen LogP contribution in [0.4, 0.5) is 0 Å². The molecule has 2 rings (SSSR count). The van der Waals surface area contributed by atoms with Crippen molar-refractivity contribution in [2.75, 3.05) is 5.43 Å². The lowest BCUT2D eigenvalue weighted by Gasteiger charge is -2.24. The molecule has 5 nitrogen and oxygen atoms in total. The third-order valence-electron chi connectivity index (χ3n) is 3.21. The fraction of sp³-hybridized carbons (Fsp3) is 0.727. The van der Waals surface area contributed by atoms with Gasteiger partial charge in [-0.25, -0.2) is 4.68 Å². The molecular weight excluding hydrogens is 266 g/mol. The summed E-state index contributed by atoms with van der Waals surface area (Å²) in [4.78, 5) is 0. The maximum absolute atomic E-state index is 5.32. The first-order valence-electron chi connectivity index (χ1n) is 6.44. The van der Waals surface area contributed by atoms with Crippen LogP contribution in [-0.2, 0) is 6.42 Å². The molecule has 0 unspecified atom stereocenters. The van der Waals surface area contributed by atoms with Gasteiger partial charge in [-0.2, -0.15) is 5.10 Å². The van der Waals surface area contributed by atoms with Gasteiger partial charge in [0.25, 0.3) is 0 Å². The highest BCUT2D eigenvalue weighted by Gasteiger charge is 2.14. The van der Waals surface area contributed by atoms with Crippen LogP contribution in [0.1, 0.15) is 44.9 Å². The second kappa shape index (κ2) is 6.29. The lowest BCUT2D eigenvalue weighted by molar-refractivity contribution is 0.414. The van der Waals surface area contributed by atoms with Gasteiger partial charge in [-0.05, 0) is 37.3 Å². The molecule has 1 heterocycles. The Morgan fingerprint density at radius 2 is 2.17 bits per heavy atom. The molecule has 0 amide bonds. The topological polar surface area (TPSA) is 57.7 Å². The van der Waals surface area contributed by atoms with Crippen LogP contribution in [0.3, 0.4) is 0 Å². The van der Waals surface area contributed by atoms with Crippen molar-refractivity contribution in [1.29, 1.82) is 0 Å². The first-order valence-corrected chi connectivity index (χ1v) is 7.26. The first kappa shape index (κ1) is 13.5. The molecule has 0 aliphatic heterocycles. The van der Waals surface area contributed by atoms with E-state index in [-0.39, 0.29) is 0 Å². The van der Waals surface area contributed by atoms with E-state index in [0.29, 0.717) is 15.9 Å². The number of aromatic amines is 1. The molecule has 1 fully saturated rings. The van der Waals surface area contributed by atoms with E-state index in [1.807, 2.05) is 6.92 Å². The average molecular weight is 285 g/mol. The van der Waals surface area contributed by atoms with Crippen molar-refractivity contribution in [3.8, 4) is 0 Å². The van der Waals surface area contributed by atoms with Gasteiger partial charge in [0.1, 0.15) is 0 Å². The quantitative estimate of drug-likeness (QED) is 0.744. The van der Waals surface area contributed by atoms with Crippen LogP contribution >= 0.6 is 24.4 Å². The zero-order chi connectivity index (χ0) is 13.0. The number of nitrogens with one attached hydrogen (secondary N) is 3. The molecule has 7 heteroatoms. The van der Waals surface area contributed by atoms with Crippen LogP contribution in [0.5, 0.6) is 0 Å². The Labute approximate surface area is 117 Å². The van der Waals surface area contributed by atoms with Gasteiger partial charge in [0.2, 0.25) is 4.77 Å². The number of rotatable bonds is 3. The highest BCUT2D eigenvalue weighted by molar-refractivity contribution is 7.80. The van der Waals surface area contributed by atoms with E-state index >= 15 is 0 Å². The predicted molar refractivity (Wildman–Crippen MR) is 78.8 cm³/mol. The van der Waals surface area contributed by atoms with E-state index in [2.05, 4.69) is 20.9 Å². The Hall–Kier alpha value is -0.950. The van der Waals surface area contributed by atoms with Gasteiger partial charge >= 0.3 is 0 Å². The second-order valence-corrected chi connectivity index (χ2v) is 5.35. The molecule has 3 N–H and O–H groups in total. The maximum atomic E-state index is 5.32. The van der Waals surface area contributed by atoms with Crippen LogP contribution in [0.15, 0.2) is 0 Å². The van der Waals surface area contributed by atoms with E-state index in [0.717, 1.165) is 12.2 Å². The van der Waals surface area contributed by atoms with Crippen LogP contribution in [0, 0.1) is 4.77 Å². The molecule has 100 valence electrons. The SMILES string of the molecule is CCc1n[nH]c(=S)n1NC(=S)NC1CCCCC1. The number of hydrogen-bond acceptors (Lipinski definition) is 3. The molecule has 0 atom stereocenters. The normalized spacial score (nSPS) is 16.5. The van der Waals surface area contributed by atoms with Crippen molar-refractivity contribution in [3.05, 3.63) is 10.6 Å². The Kier molecular flexibility index (Phi) is 4.71. The van der Waals surface area contributed by atoms with Gasteiger partial charge < -0.3 is 5.32 Å². The molecule has 1 aliphatic carbocycles. The molecule has 1 aromatic rings. The summed E-state index contributed by atoms with van der Waals surface area (Å²) in [7, 11) is 0. The molecule has 1 aromatic heterocycles. The zero-order valence-electron chi connectivity index (χ0n) is 10.5. The van der Waals surface area contributed by atoms with Gasteiger partial charge in [0.05, 0.1) is 0 Å². The molecule has 0 radical (unpaired) electrons. The lowest BCUT2D eigenvalue weighted by Crippen LogP contribution is -2.42. The number of aryl methyl sites for hydroxylation is 1. The number of H-pyrrole nitrogens is 1. The molecule has 0 spiro atoms. The van der Waals surface area contributed by atoms with E-state index in [9.17, 15) is 0 Å². The minimum atomic E-state index is 0.491. The zero-order valence-corrected chi connectivity index (χ0v) is 12.2. The van der Waals surface area contributed by atoms with Gasteiger partial charge in [-0.3, -0.25) is 10.5 Å². The molecule has 1 aliphatic rings. The Morgan fingerprint density at radius 1 is 1.44 bits per heavy atom. The lowest BCUT2D eigenvalue weighted by atomic mass is 9.96. The highest BCUT2D eigenvalue weighted by Crippen LogP contribution is 2.17. The summed E-state index contributed by atoms with van der Waals surface area (Å²) >= 11 is 10.5. The van der Waals surface area contributed by atoms with Crippen molar-refractivity contribution in [2.24, 2.45) is 0 Å². The van der Waals surface area contributed by atoms with Gasteiger partial charge in [0.15, 0.2) is 10.9 Å². The van der Waals surface area contributed by atoms with E-state index < -0.39 is 0 Å². The van der Waals surface area contributed by atoms with Crippen LogP contribution in [0.2, 0.25) is 0 Å². The number of aromatic nitrogens is 3. The summed E-state index contributed by atoms with van der Waals surface area (Å²) in [6.07, 6.45) is 7.09. The molecule has 0 bridgehead atoms. The van der Waals surface area contributed by atoms with Crippen molar-refractivity contribution < 1.29 is 0 Å². The largest absolute Gasteiger partial charge is 0.359 e. The van der Waals surface area contributed by atoms with Crippen LogP contribution in [0.25, 0.3) is 0 Å². The third-order valence-corrected chi connectivity index (χ3v) is 3.69. The Balaban J connectivity index is 1.94. The summed E-state index contributed by atoms with van der Waals surface area (Å²) in [5.41, 5.74) is 3.10. The number of nitrogens with zero attached hydrogens (tertiary/aromatic N) is 2. The van der Waals surface area contributed by atoms with E-state index in [4.69, 9.17) is 24.4 Å². The summed E-state index contributed by atoms with van der Waals surface area (Å²) in [6, 6.07) is 0.491. The van der Waals surface area contributed by atoms with Crippen LogP contribution < -0.4 is 10.7 Å². The Bertz CT molecular complexity index is 458. The second-order valence-electron chi connectivity index (χ2n) is 4.55. The smallest absolute Gasteiger partial charge is 0.214 e. The Morgan fingerprint density at radius 3 is 2.83 bits per heavy atom. The predicted octanol–water partition coefficient (Wildman–Crippen LogP) is 2.25. The van der Waals surface area contributed by atoms with Gasteiger partial charge in [-0.15, -0.1) is 0 Å².